The Bertz CT molecular complexity index is 800. The van der Waals surface area contributed by atoms with E-state index < -0.39 is 15.9 Å². The second-order valence-corrected chi connectivity index (χ2v) is 7.83. The molecule has 0 spiro atoms. The molecular weight excluding hydrogens is 344 g/mol. The summed E-state index contributed by atoms with van der Waals surface area (Å²) in [6, 6.07) is 4.53. The second-order valence-electron chi connectivity index (χ2n) is 4.80. The highest BCUT2D eigenvalue weighted by Crippen LogP contribution is 2.20. The van der Waals surface area contributed by atoms with Crippen LogP contribution in [0.5, 0.6) is 0 Å². The van der Waals surface area contributed by atoms with E-state index in [1.54, 1.807) is 24.6 Å². The smallest absolute Gasteiger partial charge is 0.264 e. The standard InChI is InChI=1S/C14H15ClN2O3S2/c1-9-3-4-11(15)7-13(9)22(19,20)17-14(18)6-5-12-10(2)16-8-21-12/h3-4,7-8H,5-6H2,1-2H3,(H,17,18). The molecule has 1 heterocycles. The average Bonchev–Trinajstić information content (AvgIpc) is 2.84. The van der Waals surface area contributed by atoms with Crippen molar-refractivity contribution in [3.63, 3.8) is 0 Å². The molecule has 8 heteroatoms. The largest absolute Gasteiger partial charge is 0.274 e. The SMILES string of the molecule is Cc1ccc(Cl)cc1S(=O)(=O)NC(=O)CCc1scnc1C. The predicted molar refractivity (Wildman–Crippen MR) is 86.7 cm³/mol. The highest BCUT2D eigenvalue weighted by molar-refractivity contribution is 7.90. The van der Waals surface area contributed by atoms with Crippen LogP contribution in [-0.2, 0) is 21.2 Å². The van der Waals surface area contributed by atoms with E-state index in [1.807, 2.05) is 6.92 Å². The molecule has 2 rings (SSSR count). The quantitative estimate of drug-likeness (QED) is 0.891. The van der Waals surface area contributed by atoms with Crippen molar-refractivity contribution >= 4 is 38.9 Å². The molecule has 0 bridgehead atoms. The summed E-state index contributed by atoms with van der Waals surface area (Å²) < 4.78 is 26.6. The van der Waals surface area contributed by atoms with Crippen molar-refractivity contribution in [1.82, 2.24) is 9.71 Å². The Labute approximate surface area is 138 Å². The predicted octanol–water partition coefficient (Wildman–Crippen LogP) is 2.85. The molecular formula is C14H15ClN2O3S2. The van der Waals surface area contributed by atoms with Gasteiger partial charge in [0.05, 0.1) is 16.1 Å². The number of carbonyl (C=O) groups is 1. The minimum Gasteiger partial charge on any atom is -0.274 e. The molecule has 0 fully saturated rings. The Hall–Kier alpha value is -1.44. The van der Waals surface area contributed by atoms with Crippen LogP contribution in [0.1, 0.15) is 22.6 Å². The molecule has 1 N–H and O–H groups in total. The number of thiazole rings is 1. The fourth-order valence-electron chi connectivity index (χ4n) is 1.91. The maximum Gasteiger partial charge on any atom is 0.264 e. The van der Waals surface area contributed by atoms with Crippen molar-refractivity contribution in [2.75, 3.05) is 0 Å². The molecule has 0 saturated carbocycles. The van der Waals surface area contributed by atoms with Crippen LogP contribution >= 0.6 is 22.9 Å². The van der Waals surface area contributed by atoms with Crippen molar-refractivity contribution in [2.24, 2.45) is 0 Å². The van der Waals surface area contributed by atoms with Crippen LogP contribution in [-0.4, -0.2) is 19.3 Å². The monoisotopic (exact) mass is 358 g/mol. The molecule has 1 aromatic carbocycles. The van der Waals surface area contributed by atoms with E-state index in [4.69, 9.17) is 11.6 Å². The van der Waals surface area contributed by atoms with Crippen LogP contribution in [0.25, 0.3) is 0 Å². The van der Waals surface area contributed by atoms with Gasteiger partial charge in [0.25, 0.3) is 10.0 Å². The van der Waals surface area contributed by atoms with E-state index in [9.17, 15) is 13.2 Å². The third-order valence-electron chi connectivity index (χ3n) is 3.11. The topological polar surface area (TPSA) is 76.1 Å². The van der Waals surface area contributed by atoms with Gasteiger partial charge in [-0.1, -0.05) is 17.7 Å². The number of benzene rings is 1. The summed E-state index contributed by atoms with van der Waals surface area (Å²) in [4.78, 5) is 17.0. The molecule has 1 amide bonds. The van der Waals surface area contributed by atoms with E-state index in [0.29, 0.717) is 17.0 Å². The van der Waals surface area contributed by atoms with Gasteiger partial charge in [0.1, 0.15) is 0 Å². The lowest BCUT2D eigenvalue weighted by atomic mass is 10.2. The van der Waals surface area contributed by atoms with Gasteiger partial charge in [-0.15, -0.1) is 11.3 Å². The Morgan fingerprint density at radius 1 is 1.36 bits per heavy atom. The fourth-order valence-corrected chi connectivity index (χ4v) is 4.22. The summed E-state index contributed by atoms with van der Waals surface area (Å²) in [5.74, 6) is -0.549. The zero-order valence-corrected chi connectivity index (χ0v) is 14.5. The Morgan fingerprint density at radius 2 is 2.09 bits per heavy atom. The number of carbonyl (C=O) groups excluding carboxylic acids is 1. The minimum absolute atomic E-state index is 0.0160. The van der Waals surface area contributed by atoms with Gasteiger partial charge >= 0.3 is 0 Å². The first kappa shape index (κ1) is 16.9. The number of nitrogens with one attached hydrogen (secondary N) is 1. The number of hydrogen-bond acceptors (Lipinski definition) is 5. The summed E-state index contributed by atoms with van der Waals surface area (Å²) in [5.41, 5.74) is 3.10. The maximum absolute atomic E-state index is 12.2. The Kier molecular flexibility index (Phi) is 5.20. The van der Waals surface area contributed by atoms with E-state index in [-0.39, 0.29) is 11.3 Å². The van der Waals surface area contributed by atoms with Gasteiger partial charge in [0.2, 0.25) is 5.91 Å². The maximum atomic E-state index is 12.2. The van der Waals surface area contributed by atoms with Gasteiger partial charge in [-0.3, -0.25) is 4.79 Å². The molecule has 0 aliphatic rings. The van der Waals surface area contributed by atoms with Gasteiger partial charge in [0, 0.05) is 16.3 Å². The van der Waals surface area contributed by atoms with Crippen molar-refractivity contribution in [3.8, 4) is 0 Å². The molecule has 0 atom stereocenters. The normalized spacial score (nSPS) is 11.4. The number of rotatable bonds is 5. The third-order valence-corrected chi connectivity index (χ3v) is 5.86. The third kappa shape index (κ3) is 4.06. The van der Waals surface area contributed by atoms with Crippen LogP contribution in [0.4, 0.5) is 0 Å². The number of nitrogens with zero attached hydrogens (tertiary/aromatic N) is 1. The van der Waals surface area contributed by atoms with Crippen molar-refractivity contribution in [1.29, 1.82) is 0 Å². The van der Waals surface area contributed by atoms with Gasteiger partial charge in [-0.2, -0.15) is 0 Å². The first-order valence-electron chi connectivity index (χ1n) is 6.50. The highest BCUT2D eigenvalue weighted by atomic mass is 35.5. The molecule has 5 nitrogen and oxygen atoms in total. The lowest BCUT2D eigenvalue weighted by Gasteiger charge is -2.09. The van der Waals surface area contributed by atoms with Gasteiger partial charge in [-0.25, -0.2) is 18.1 Å². The summed E-state index contributed by atoms with van der Waals surface area (Å²) in [7, 11) is -3.91. The molecule has 118 valence electrons. The van der Waals surface area contributed by atoms with Gasteiger partial charge in [0.15, 0.2) is 0 Å². The molecule has 22 heavy (non-hydrogen) atoms. The van der Waals surface area contributed by atoms with Crippen molar-refractivity contribution in [2.45, 2.75) is 31.6 Å². The van der Waals surface area contributed by atoms with Gasteiger partial charge < -0.3 is 0 Å². The number of sulfonamides is 1. The van der Waals surface area contributed by atoms with Crippen LogP contribution in [0.2, 0.25) is 5.02 Å². The molecule has 0 saturated heterocycles. The molecule has 0 aliphatic carbocycles. The zero-order valence-electron chi connectivity index (χ0n) is 12.1. The van der Waals surface area contributed by atoms with Crippen LogP contribution in [0, 0.1) is 13.8 Å². The van der Waals surface area contributed by atoms with E-state index in [0.717, 1.165) is 10.6 Å². The first-order chi connectivity index (χ1) is 10.3. The molecule has 0 aliphatic heterocycles. The van der Waals surface area contributed by atoms with Crippen molar-refractivity contribution < 1.29 is 13.2 Å². The van der Waals surface area contributed by atoms with Crippen LogP contribution in [0.3, 0.4) is 0 Å². The second kappa shape index (κ2) is 6.76. The summed E-state index contributed by atoms with van der Waals surface area (Å²) in [5, 5.41) is 0.304. The number of amides is 1. The number of hydrogen-bond donors (Lipinski definition) is 1. The summed E-state index contributed by atoms with van der Waals surface area (Å²) in [6.45, 7) is 3.51. The average molecular weight is 359 g/mol. The van der Waals surface area contributed by atoms with E-state index in [2.05, 4.69) is 9.71 Å². The number of aryl methyl sites for hydroxylation is 3. The molecule has 0 unspecified atom stereocenters. The summed E-state index contributed by atoms with van der Waals surface area (Å²) in [6.07, 6.45) is 0.550. The van der Waals surface area contributed by atoms with E-state index in [1.165, 1.54) is 17.4 Å². The Morgan fingerprint density at radius 3 is 2.73 bits per heavy atom. The van der Waals surface area contributed by atoms with Crippen molar-refractivity contribution in [3.05, 3.63) is 44.9 Å². The highest BCUT2D eigenvalue weighted by Gasteiger charge is 2.20. The lowest BCUT2D eigenvalue weighted by Crippen LogP contribution is -2.31. The first-order valence-corrected chi connectivity index (χ1v) is 9.24. The minimum atomic E-state index is -3.91. The zero-order chi connectivity index (χ0) is 16.3. The number of halogens is 1. The molecule has 0 radical (unpaired) electrons. The lowest BCUT2D eigenvalue weighted by molar-refractivity contribution is -0.119. The van der Waals surface area contributed by atoms with Crippen LogP contribution < -0.4 is 4.72 Å². The Balaban J connectivity index is 2.07. The summed E-state index contributed by atoms with van der Waals surface area (Å²) >= 11 is 7.28. The number of aromatic nitrogens is 1. The fraction of sp³-hybridized carbons (Fsp3) is 0.286. The molecule has 1 aromatic heterocycles. The van der Waals surface area contributed by atoms with E-state index >= 15 is 0 Å². The molecule has 2 aromatic rings. The van der Waals surface area contributed by atoms with Crippen LogP contribution in [0.15, 0.2) is 28.6 Å². The van der Waals surface area contributed by atoms with Gasteiger partial charge in [-0.05, 0) is 38.0 Å².